The molecule has 0 bridgehead atoms. The van der Waals surface area contributed by atoms with Crippen LogP contribution in [0.1, 0.15) is 30.5 Å². The molecule has 0 radical (unpaired) electrons. The smallest absolute Gasteiger partial charge is 0.221 e. The van der Waals surface area contributed by atoms with Crippen LogP contribution in [0.25, 0.3) is 12.2 Å². The van der Waals surface area contributed by atoms with Gasteiger partial charge in [-0.1, -0.05) is 48.6 Å². The minimum atomic E-state index is -0.0751. The highest BCUT2D eigenvalue weighted by molar-refractivity contribution is 5.88. The Bertz CT molecular complexity index is 621. The maximum atomic E-state index is 11.1. The normalized spacial score (nSPS) is 10.6. The number of carbonyl (C=O) groups excluding carboxylic acids is 2. The molecule has 2 aromatic carbocycles. The van der Waals surface area contributed by atoms with Crippen LogP contribution in [0.15, 0.2) is 48.5 Å². The fourth-order valence-electron chi connectivity index (χ4n) is 2.11. The standard InChI is InChI=1S/C19H19NO2/c1-14(21)13-18-7-5-16(6-8-18)3-4-17-9-11-19(12-10-17)20-15(2)22/h3-12H,13H2,1-2H3,(H,20,22)/b4-3+. The highest BCUT2D eigenvalue weighted by Crippen LogP contribution is 2.13. The molecule has 1 N–H and O–H groups in total. The van der Waals surface area contributed by atoms with E-state index in [4.69, 9.17) is 0 Å². The zero-order valence-electron chi connectivity index (χ0n) is 12.8. The summed E-state index contributed by atoms with van der Waals surface area (Å²) < 4.78 is 0. The summed E-state index contributed by atoms with van der Waals surface area (Å²) >= 11 is 0. The molecule has 0 aliphatic carbocycles. The van der Waals surface area contributed by atoms with Gasteiger partial charge >= 0.3 is 0 Å². The van der Waals surface area contributed by atoms with E-state index in [1.54, 1.807) is 6.92 Å². The van der Waals surface area contributed by atoms with Crippen molar-refractivity contribution in [1.29, 1.82) is 0 Å². The lowest BCUT2D eigenvalue weighted by atomic mass is 10.1. The predicted molar refractivity (Wildman–Crippen MR) is 90.5 cm³/mol. The van der Waals surface area contributed by atoms with Gasteiger partial charge in [-0.05, 0) is 35.7 Å². The van der Waals surface area contributed by atoms with Crippen LogP contribution >= 0.6 is 0 Å². The Morgan fingerprint density at radius 2 is 1.36 bits per heavy atom. The van der Waals surface area contributed by atoms with Crippen molar-refractivity contribution < 1.29 is 9.59 Å². The highest BCUT2D eigenvalue weighted by Gasteiger charge is 1.97. The van der Waals surface area contributed by atoms with E-state index in [1.165, 1.54) is 6.92 Å². The maximum Gasteiger partial charge on any atom is 0.221 e. The summed E-state index contributed by atoms with van der Waals surface area (Å²) in [5.41, 5.74) is 3.96. The largest absolute Gasteiger partial charge is 0.326 e. The summed E-state index contributed by atoms with van der Waals surface area (Å²) in [6.07, 6.45) is 4.51. The average molecular weight is 293 g/mol. The van der Waals surface area contributed by atoms with Gasteiger partial charge in [-0.2, -0.15) is 0 Å². The fraction of sp³-hybridized carbons (Fsp3) is 0.158. The molecule has 0 aliphatic heterocycles. The van der Waals surface area contributed by atoms with Crippen LogP contribution < -0.4 is 5.32 Å². The monoisotopic (exact) mass is 293 g/mol. The minimum absolute atomic E-state index is 0.0751. The van der Waals surface area contributed by atoms with Crippen molar-refractivity contribution in [3.63, 3.8) is 0 Å². The Balaban J connectivity index is 2.01. The quantitative estimate of drug-likeness (QED) is 0.848. The van der Waals surface area contributed by atoms with E-state index in [2.05, 4.69) is 5.32 Å². The van der Waals surface area contributed by atoms with E-state index in [1.807, 2.05) is 60.7 Å². The predicted octanol–water partition coefficient (Wildman–Crippen LogP) is 3.95. The molecule has 0 aliphatic rings. The lowest BCUT2D eigenvalue weighted by Crippen LogP contribution is -2.05. The first-order valence-corrected chi connectivity index (χ1v) is 7.17. The molecule has 0 saturated heterocycles. The van der Waals surface area contributed by atoms with Gasteiger partial charge in [-0.15, -0.1) is 0 Å². The number of hydrogen-bond acceptors (Lipinski definition) is 2. The topological polar surface area (TPSA) is 46.2 Å². The third-order valence-corrected chi connectivity index (χ3v) is 3.13. The second kappa shape index (κ2) is 7.36. The van der Waals surface area contributed by atoms with E-state index in [0.717, 1.165) is 22.4 Å². The maximum absolute atomic E-state index is 11.1. The number of carbonyl (C=O) groups is 2. The highest BCUT2D eigenvalue weighted by atomic mass is 16.1. The van der Waals surface area contributed by atoms with Gasteiger partial charge in [0.1, 0.15) is 5.78 Å². The minimum Gasteiger partial charge on any atom is -0.326 e. The van der Waals surface area contributed by atoms with Crippen LogP contribution in [0.4, 0.5) is 5.69 Å². The molecule has 0 unspecified atom stereocenters. The first-order valence-electron chi connectivity index (χ1n) is 7.17. The van der Waals surface area contributed by atoms with E-state index < -0.39 is 0 Å². The summed E-state index contributed by atoms with van der Waals surface area (Å²) in [7, 11) is 0. The molecule has 3 heteroatoms. The van der Waals surface area contributed by atoms with E-state index in [0.29, 0.717) is 6.42 Å². The van der Waals surface area contributed by atoms with Gasteiger partial charge < -0.3 is 5.32 Å². The molecule has 0 fully saturated rings. The molecule has 0 atom stereocenters. The lowest BCUT2D eigenvalue weighted by Gasteiger charge is -2.02. The van der Waals surface area contributed by atoms with Crippen molar-refractivity contribution in [1.82, 2.24) is 0 Å². The summed E-state index contributed by atoms with van der Waals surface area (Å²) in [6, 6.07) is 15.6. The number of amides is 1. The number of anilines is 1. The van der Waals surface area contributed by atoms with E-state index in [9.17, 15) is 9.59 Å². The number of benzene rings is 2. The van der Waals surface area contributed by atoms with Crippen molar-refractivity contribution in [2.24, 2.45) is 0 Å². The molecule has 112 valence electrons. The summed E-state index contributed by atoms with van der Waals surface area (Å²) in [6.45, 7) is 3.09. The van der Waals surface area contributed by atoms with Gasteiger partial charge in [0.15, 0.2) is 0 Å². The van der Waals surface area contributed by atoms with E-state index in [-0.39, 0.29) is 11.7 Å². The zero-order valence-corrected chi connectivity index (χ0v) is 12.8. The van der Waals surface area contributed by atoms with Crippen LogP contribution in [-0.2, 0) is 16.0 Å². The van der Waals surface area contributed by atoms with Crippen LogP contribution in [0.2, 0.25) is 0 Å². The number of ketones is 1. The van der Waals surface area contributed by atoms with Crippen molar-refractivity contribution in [3.8, 4) is 0 Å². The molecular weight excluding hydrogens is 274 g/mol. The Hall–Kier alpha value is -2.68. The third-order valence-electron chi connectivity index (χ3n) is 3.13. The Morgan fingerprint density at radius 1 is 0.864 bits per heavy atom. The molecule has 2 aromatic rings. The molecule has 0 heterocycles. The van der Waals surface area contributed by atoms with Crippen LogP contribution in [0, 0.1) is 0 Å². The van der Waals surface area contributed by atoms with Crippen molar-refractivity contribution in [2.45, 2.75) is 20.3 Å². The number of nitrogens with one attached hydrogen (secondary N) is 1. The van der Waals surface area contributed by atoms with Gasteiger partial charge in [0.25, 0.3) is 0 Å². The van der Waals surface area contributed by atoms with Crippen LogP contribution in [0.5, 0.6) is 0 Å². The molecule has 1 amide bonds. The van der Waals surface area contributed by atoms with Crippen LogP contribution in [-0.4, -0.2) is 11.7 Å². The Labute approximate surface area is 130 Å². The lowest BCUT2D eigenvalue weighted by molar-refractivity contribution is -0.116. The molecule has 2 rings (SSSR count). The van der Waals surface area contributed by atoms with E-state index >= 15 is 0 Å². The molecule has 3 nitrogen and oxygen atoms in total. The van der Waals surface area contributed by atoms with Crippen molar-refractivity contribution >= 4 is 29.5 Å². The first-order chi connectivity index (χ1) is 10.5. The molecular formula is C19H19NO2. The molecule has 22 heavy (non-hydrogen) atoms. The third kappa shape index (κ3) is 5.02. The molecule has 0 aromatic heterocycles. The Kier molecular flexibility index (Phi) is 5.26. The SMILES string of the molecule is CC(=O)Cc1ccc(/C=C/c2ccc(NC(C)=O)cc2)cc1. The van der Waals surface area contributed by atoms with Gasteiger partial charge in [0, 0.05) is 19.0 Å². The zero-order chi connectivity index (χ0) is 15.9. The second-order valence-electron chi connectivity index (χ2n) is 5.26. The summed E-state index contributed by atoms with van der Waals surface area (Å²) in [4.78, 5) is 22.0. The number of hydrogen-bond donors (Lipinski definition) is 1. The molecule has 0 spiro atoms. The molecule has 0 saturated carbocycles. The van der Waals surface area contributed by atoms with Gasteiger partial charge in [0.05, 0.1) is 0 Å². The fourth-order valence-corrected chi connectivity index (χ4v) is 2.11. The van der Waals surface area contributed by atoms with Crippen molar-refractivity contribution in [2.75, 3.05) is 5.32 Å². The van der Waals surface area contributed by atoms with Crippen molar-refractivity contribution in [3.05, 3.63) is 65.2 Å². The van der Waals surface area contributed by atoms with Crippen LogP contribution in [0.3, 0.4) is 0 Å². The Morgan fingerprint density at radius 3 is 1.82 bits per heavy atom. The first kappa shape index (κ1) is 15.7. The number of Topliss-reactive ketones (excluding diaryl/α,β-unsaturated/α-hetero) is 1. The summed E-state index contributed by atoms with van der Waals surface area (Å²) in [5.74, 6) is 0.0940. The van der Waals surface area contributed by atoms with Gasteiger partial charge in [-0.3, -0.25) is 9.59 Å². The van der Waals surface area contributed by atoms with Gasteiger partial charge in [-0.25, -0.2) is 0 Å². The van der Waals surface area contributed by atoms with Gasteiger partial charge in [0.2, 0.25) is 5.91 Å². The number of rotatable bonds is 5. The average Bonchev–Trinajstić information content (AvgIpc) is 2.47. The second-order valence-corrected chi connectivity index (χ2v) is 5.26. The summed E-state index contributed by atoms with van der Waals surface area (Å²) in [5, 5.41) is 2.74.